The first-order valence-corrected chi connectivity index (χ1v) is 8.60. The van der Waals surface area contributed by atoms with Crippen molar-refractivity contribution in [2.24, 2.45) is 11.7 Å². The Morgan fingerprint density at radius 3 is 2.62 bits per heavy atom. The highest BCUT2D eigenvalue weighted by molar-refractivity contribution is 5.79. The van der Waals surface area contributed by atoms with Crippen LogP contribution in [-0.2, 0) is 9.53 Å². The number of amides is 1. The molecule has 2 aliphatic rings. The molecule has 0 unspecified atom stereocenters. The summed E-state index contributed by atoms with van der Waals surface area (Å²) in [5, 5.41) is 0. The van der Waals surface area contributed by atoms with Gasteiger partial charge in [-0.3, -0.25) is 4.79 Å². The van der Waals surface area contributed by atoms with Crippen molar-refractivity contribution in [3.05, 3.63) is 0 Å². The molecule has 0 aromatic carbocycles. The van der Waals surface area contributed by atoms with Crippen LogP contribution in [0.25, 0.3) is 0 Å². The minimum absolute atomic E-state index is 0.204. The zero-order chi connectivity index (χ0) is 14.9. The smallest absolute Gasteiger partial charge is 0.225 e. The number of hydrogen-bond acceptors (Lipinski definition) is 4. The second-order valence-corrected chi connectivity index (χ2v) is 6.26. The van der Waals surface area contributed by atoms with Gasteiger partial charge in [-0.1, -0.05) is 6.42 Å². The molecule has 21 heavy (non-hydrogen) atoms. The van der Waals surface area contributed by atoms with Gasteiger partial charge in [0.2, 0.25) is 5.91 Å². The summed E-state index contributed by atoms with van der Waals surface area (Å²) in [6, 6.07) is 0. The second kappa shape index (κ2) is 9.38. The maximum absolute atomic E-state index is 12.5. The molecule has 0 aromatic rings. The summed E-state index contributed by atoms with van der Waals surface area (Å²) in [5.41, 5.74) is 5.53. The summed E-state index contributed by atoms with van der Waals surface area (Å²) >= 11 is 0. The predicted octanol–water partition coefficient (Wildman–Crippen LogP) is 1.08. The van der Waals surface area contributed by atoms with E-state index in [4.69, 9.17) is 10.5 Å². The Morgan fingerprint density at radius 2 is 1.86 bits per heavy atom. The standard InChI is InChI=1S/C16H31N3O2/c17-7-2-1-3-8-18-9-4-10-19(12-11-18)16(20)15-5-13-21-14-6-15/h15H,1-14,17H2. The van der Waals surface area contributed by atoms with E-state index < -0.39 is 0 Å². The SMILES string of the molecule is NCCCCCN1CCCN(C(=O)C2CCOCC2)CC1. The quantitative estimate of drug-likeness (QED) is 0.745. The normalized spacial score (nSPS) is 22.2. The van der Waals surface area contributed by atoms with Gasteiger partial charge in [-0.25, -0.2) is 0 Å². The highest BCUT2D eigenvalue weighted by Crippen LogP contribution is 2.18. The van der Waals surface area contributed by atoms with Crippen LogP contribution in [-0.4, -0.2) is 68.2 Å². The molecule has 0 saturated carbocycles. The Hall–Kier alpha value is -0.650. The molecule has 2 heterocycles. The number of nitrogens with zero attached hydrogens (tertiary/aromatic N) is 2. The first-order valence-electron chi connectivity index (χ1n) is 8.60. The highest BCUT2D eigenvalue weighted by atomic mass is 16.5. The van der Waals surface area contributed by atoms with Gasteiger partial charge in [0.25, 0.3) is 0 Å². The molecule has 1 amide bonds. The molecular weight excluding hydrogens is 266 g/mol. The van der Waals surface area contributed by atoms with E-state index in [1.165, 1.54) is 12.8 Å². The summed E-state index contributed by atoms with van der Waals surface area (Å²) < 4.78 is 5.36. The minimum atomic E-state index is 0.204. The fourth-order valence-corrected chi connectivity index (χ4v) is 3.27. The predicted molar refractivity (Wildman–Crippen MR) is 84.1 cm³/mol. The van der Waals surface area contributed by atoms with E-state index >= 15 is 0 Å². The van der Waals surface area contributed by atoms with Crippen molar-refractivity contribution in [2.75, 3.05) is 52.5 Å². The van der Waals surface area contributed by atoms with E-state index in [1.54, 1.807) is 0 Å². The molecule has 0 spiro atoms. The van der Waals surface area contributed by atoms with Crippen LogP contribution in [0.2, 0.25) is 0 Å². The molecule has 2 N–H and O–H groups in total. The lowest BCUT2D eigenvalue weighted by atomic mass is 9.98. The zero-order valence-corrected chi connectivity index (χ0v) is 13.3. The molecule has 0 bridgehead atoms. The van der Waals surface area contributed by atoms with Crippen LogP contribution in [0, 0.1) is 5.92 Å². The number of nitrogens with two attached hydrogens (primary N) is 1. The molecule has 0 aromatic heterocycles. The van der Waals surface area contributed by atoms with E-state index in [2.05, 4.69) is 9.80 Å². The van der Waals surface area contributed by atoms with Gasteiger partial charge in [-0.2, -0.15) is 0 Å². The average Bonchev–Trinajstić information content (AvgIpc) is 2.77. The van der Waals surface area contributed by atoms with Gasteiger partial charge >= 0.3 is 0 Å². The van der Waals surface area contributed by atoms with Crippen molar-refractivity contribution in [1.29, 1.82) is 0 Å². The van der Waals surface area contributed by atoms with Crippen LogP contribution in [0.5, 0.6) is 0 Å². The molecule has 122 valence electrons. The monoisotopic (exact) mass is 297 g/mol. The molecule has 5 nitrogen and oxygen atoms in total. The number of carbonyl (C=O) groups is 1. The van der Waals surface area contributed by atoms with Gasteiger partial charge in [0.1, 0.15) is 0 Å². The first-order chi connectivity index (χ1) is 10.3. The zero-order valence-electron chi connectivity index (χ0n) is 13.3. The summed E-state index contributed by atoms with van der Waals surface area (Å²) in [6.07, 6.45) is 6.48. The summed E-state index contributed by atoms with van der Waals surface area (Å²) in [7, 11) is 0. The number of rotatable bonds is 6. The number of carbonyl (C=O) groups excluding carboxylic acids is 1. The third-order valence-electron chi connectivity index (χ3n) is 4.65. The minimum Gasteiger partial charge on any atom is -0.381 e. The van der Waals surface area contributed by atoms with Gasteiger partial charge in [-0.15, -0.1) is 0 Å². The van der Waals surface area contributed by atoms with E-state index in [-0.39, 0.29) is 5.92 Å². The van der Waals surface area contributed by atoms with Crippen LogP contribution >= 0.6 is 0 Å². The van der Waals surface area contributed by atoms with Crippen LogP contribution < -0.4 is 5.73 Å². The van der Waals surface area contributed by atoms with Crippen LogP contribution in [0.3, 0.4) is 0 Å². The highest BCUT2D eigenvalue weighted by Gasteiger charge is 2.27. The largest absolute Gasteiger partial charge is 0.381 e. The molecule has 0 atom stereocenters. The number of hydrogen-bond donors (Lipinski definition) is 1. The Balaban J connectivity index is 1.71. The fraction of sp³-hybridized carbons (Fsp3) is 0.938. The summed E-state index contributed by atoms with van der Waals surface area (Å²) in [5.74, 6) is 0.568. The van der Waals surface area contributed by atoms with E-state index in [9.17, 15) is 4.79 Å². The van der Waals surface area contributed by atoms with Crippen LogP contribution in [0.4, 0.5) is 0 Å². The topological polar surface area (TPSA) is 58.8 Å². The maximum Gasteiger partial charge on any atom is 0.225 e. The summed E-state index contributed by atoms with van der Waals surface area (Å²) in [4.78, 5) is 17.2. The molecule has 2 rings (SSSR count). The van der Waals surface area contributed by atoms with Crippen molar-refractivity contribution in [3.63, 3.8) is 0 Å². The average molecular weight is 297 g/mol. The number of unbranched alkanes of at least 4 members (excludes halogenated alkanes) is 2. The van der Waals surface area contributed by atoms with Gasteiger partial charge in [0.05, 0.1) is 0 Å². The summed E-state index contributed by atoms with van der Waals surface area (Å²) in [6.45, 7) is 7.42. The maximum atomic E-state index is 12.5. The van der Waals surface area contributed by atoms with E-state index in [0.29, 0.717) is 5.91 Å². The molecule has 0 aliphatic carbocycles. The van der Waals surface area contributed by atoms with E-state index in [1.807, 2.05) is 0 Å². The third kappa shape index (κ3) is 5.57. The number of ether oxygens (including phenoxy) is 1. The molecule has 2 saturated heterocycles. The fourth-order valence-electron chi connectivity index (χ4n) is 3.27. The van der Waals surface area contributed by atoms with Gasteiger partial charge in [0, 0.05) is 38.8 Å². The van der Waals surface area contributed by atoms with Crippen molar-refractivity contribution in [2.45, 2.75) is 38.5 Å². The van der Waals surface area contributed by atoms with Crippen LogP contribution in [0.15, 0.2) is 0 Å². The Kier molecular flexibility index (Phi) is 7.47. The van der Waals surface area contributed by atoms with Crippen molar-refractivity contribution >= 4 is 5.91 Å². The van der Waals surface area contributed by atoms with Crippen molar-refractivity contribution < 1.29 is 9.53 Å². The van der Waals surface area contributed by atoms with Crippen LogP contribution in [0.1, 0.15) is 38.5 Å². The lowest BCUT2D eigenvalue weighted by Gasteiger charge is -2.28. The second-order valence-electron chi connectivity index (χ2n) is 6.26. The Bertz CT molecular complexity index is 306. The molecule has 0 radical (unpaired) electrons. The molecule has 5 heteroatoms. The Labute approximate surface area is 128 Å². The van der Waals surface area contributed by atoms with Gasteiger partial charge in [0.15, 0.2) is 0 Å². The first kappa shape index (κ1) is 16.7. The lowest BCUT2D eigenvalue weighted by Crippen LogP contribution is -2.40. The molecule has 2 aliphatic heterocycles. The van der Waals surface area contributed by atoms with E-state index in [0.717, 1.165) is 78.2 Å². The van der Waals surface area contributed by atoms with Crippen molar-refractivity contribution in [1.82, 2.24) is 9.80 Å². The van der Waals surface area contributed by atoms with Gasteiger partial charge < -0.3 is 20.3 Å². The molecular formula is C16H31N3O2. The molecule has 2 fully saturated rings. The lowest BCUT2D eigenvalue weighted by molar-refractivity contribution is -0.138. The third-order valence-corrected chi connectivity index (χ3v) is 4.65. The Morgan fingerprint density at radius 1 is 1.05 bits per heavy atom. The van der Waals surface area contributed by atoms with Gasteiger partial charge in [-0.05, 0) is 51.7 Å². The van der Waals surface area contributed by atoms with Crippen molar-refractivity contribution in [3.8, 4) is 0 Å².